The van der Waals surface area contributed by atoms with Crippen molar-refractivity contribution in [3.05, 3.63) is 0 Å². The van der Waals surface area contributed by atoms with Crippen LogP contribution in [0.15, 0.2) is 0 Å². The zero-order chi connectivity index (χ0) is 10.6. The van der Waals surface area contributed by atoms with E-state index < -0.39 is 0 Å². The summed E-state index contributed by atoms with van der Waals surface area (Å²) in [6, 6.07) is 1.88. The number of methoxy groups -OCH3 is 1. The number of carbonyl (C=O) groups excluding carboxylic acids is 1. The average Bonchev–Trinajstić information content (AvgIpc) is 2.19. The van der Waals surface area contributed by atoms with E-state index in [9.17, 15) is 4.79 Å². The third-order valence-corrected chi connectivity index (χ3v) is 2.78. The van der Waals surface area contributed by atoms with Crippen LogP contribution in [0.4, 0.5) is 0 Å². The summed E-state index contributed by atoms with van der Waals surface area (Å²) < 4.78 is 5.29. The van der Waals surface area contributed by atoms with Crippen molar-refractivity contribution in [2.75, 3.05) is 20.2 Å². The van der Waals surface area contributed by atoms with Gasteiger partial charge in [0.05, 0.1) is 12.2 Å². The van der Waals surface area contributed by atoms with Crippen LogP contribution >= 0.6 is 0 Å². The summed E-state index contributed by atoms with van der Waals surface area (Å²) >= 11 is 0. The molecule has 0 bridgehead atoms. The lowest BCUT2D eigenvalue weighted by Crippen LogP contribution is -2.46. The summed E-state index contributed by atoms with van der Waals surface area (Å²) in [4.78, 5) is 13.1. The molecule has 0 radical (unpaired) electrons. The largest absolute Gasteiger partial charge is 0.379 e. The van der Waals surface area contributed by atoms with Gasteiger partial charge in [0, 0.05) is 20.2 Å². The molecule has 0 N–H and O–H groups in total. The molecule has 4 heteroatoms. The second-order valence-corrected chi connectivity index (χ2v) is 3.71. The number of piperidine rings is 1. The van der Waals surface area contributed by atoms with E-state index in [0.717, 1.165) is 13.0 Å². The van der Waals surface area contributed by atoms with Crippen molar-refractivity contribution in [2.45, 2.75) is 25.9 Å². The number of nitrogens with zero attached hydrogens (tertiary/aromatic N) is 2. The number of ether oxygens (including phenoxy) is 1. The van der Waals surface area contributed by atoms with Gasteiger partial charge in [-0.15, -0.1) is 0 Å². The Morgan fingerprint density at radius 2 is 2.43 bits per heavy atom. The molecule has 1 aliphatic rings. The molecular weight excluding hydrogens is 180 g/mol. The lowest BCUT2D eigenvalue weighted by molar-refractivity contribution is -0.135. The molecule has 1 amide bonds. The van der Waals surface area contributed by atoms with E-state index in [4.69, 9.17) is 10.00 Å². The van der Waals surface area contributed by atoms with Crippen molar-refractivity contribution in [1.29, 1.82) is 5.26 Å². The van der Waals surface area contributed by atoms with Gasteiger partial charge in [-0.25, -0.2) is 0 Å². The van der Waals surface area contributed by atoms with Crippen molar-refractivity contribution < 1.29 is 9.53 Å². The normalized spacial score (nSPS) is 27.1. The zero-order valence-corrected chi connectivity index (χ0v) is 8.69. The van der Waals surface area contributed by atoms with Gasteiger partial charge in [-0.3, -0.25) is 4.79 Å². The molecule has 2 atom stereocenters. The molecule has 4 nitrogen and oxygen atoms in total. The summed E-state index contributed by atoms with van der Waals surface area (Å²) in [7, 11) is 1.67. The fourth-order valence-corrected chi connectivity index (χ4v) is 1.75. The summed E-state index contributed by atoms with van der Waals surface area (Å²) in [5.41, 5.74) is 0. The zero-order valence-electron chi connectivity index (χ0n) is 8.69. The van der Waals surface area contributed by atoms with Crippen LogP contribution in [0.1, 0.15) is 19.8 Å². The van der Waals surface area contributed by atoms with E-state index in [1.165, 1.54) is 0 Å². The summed E-state index contributed by atoms with van der Waals surface area (Å²) in [6.07, 6.45) is 1.05. The van der Waals surface area contributed by atoms with Crippen LogP contribution in [0.5, 0.6) is 0 Å². The third kappa shape index (κ3) is 2.46. The van der Waals surface area contributed by atoms with Gasteiger partial charge in [-0.2, -0.15) is 5.26 Å². The summed E-state index contributed by atoms with van der Waals surface area (Å²) in [5.74, 6) is 0.410. The molecule has 1 heterocycles. The fourth-order valence-electron chi connectivity index (χ4n) is 1.75. The summed E-state index contributed by atoms with van der Waals surface area (Å²) in [6.45, 7) is 3.50. The van der Waals surface area contributed by atoms with Gasteiger partial charge >= 0.3 is 0 Å². The van der Waals surface area contributed by atoms with Gasteiger partial charge in [0.1, 0.15) is 6.42 Å². The molecule has 1 fully saturated rings. The van der Waals surface area contributed by atoms with Crippen molar-refractivity contribution in [1.82, 2.24) is 4.90 Å². The first-order valence-electron chi connectivity index (χ1n) is 4.86. The maximum Gasteiger partial charge on any atom is 0.236 e. The lowest BCUT2D eigenvalue weighted by atomic mass is 9.95. The van der Waals surface area contributed by atoms with Gasteiger partial charge in [0.2, 0.25) is 5.91 Å². The predicted molar refractivity (Wildman–Crippen MR) is 51.4 cm³/mol. The first-order valence-corrected chi connectivity index (χ1v) is 4.86. The van der Waals surface area contributed by atoms with Crippen LogP contribution in [0.2, 0.25) is 0 Å². The standard InChI is InChI=1S/C10H16N2O2/c1-8-4-6-12(7-9(8)14-2)10(13)3-5-11/h8-9H,3-4,6-7H2,1-2H3. The highest BCUT2D eigenvalue weighted by atomic mass is 16.5. The highest BCUT2D eigenvalue weighted by Gasteiger charge is 2.28. The molecular formula is C10H16N2O2. The molecule has 0 aromatic heterocycles. The first kappa shape index (κ1) is 11.0. The van der Waals surface area contributed by atoms with Crippen LogP contribution < -0.4 is 0 Å². The minimum Gasteiger partial charge on any atom is -0.379 e. The van der Waals surface area contributed by atoms with E-state index >= 15 is 0 Å². The average molecular weight is 196 g/mol. The maximum absolute atomic E-state index is 11.4. The van der Waals surface area contributed by atoms with Crippen molar-refractivity contribution in [2.24, 2.45) is 5.92 Å². The van der Waals surface area contributed by atoms with Crippen LogP contribution in [0.3, 0.4) is 0 Å². The molecule has 0 aromatic carbocycles. The minimum atomic E-state index is -0.0820. The van der Waals surface area contributed by atoms with Crippen LogP contribution in [0.25, 0.3) is 0 Å². The van der Waals surface area contributed by atoms with E-state index in [1.807, 2.05) is 6.07 Å². The van der Waals surface area contributed by atoms with Crippen molar-refractivity contribution in [3.63, 3.8) is 0 Å². The third-order valence-electron chi connectivity index (χ3n) is 2.78. The Hall–Kier alpha value is -1.08. The summed E-state index contributed by atoms with van der Waals surface area (Å²) in [5, 5.41) is 8.41. The lowest BCUT2D eigenvalue weighted by Gasteiger charge is -2.35. The van der Waals surface area contributed by atoms with Gasteiger partial charge in [-0.1, -0.05) is 6.92 Å². The van der Waals surface area contributed by atoms with Crippen molar-refractivity contribution in [3.8, 4) is 6.07 Å². The molecule has 14 heavy (non-hydrogen) atoms. The SMILES string of the molecule is COC1CN(C(=O)CC#N)CCC1C. The molecule has 1 saturated heterocycles. The van der Waals surface area contributed by atoms with E-state index in [1.54, 1.807) is 12.0 Å². The minimum absolute atomic E-state index is 0.0230. The number of rotatable bonds is 2. The Kier molecular flexibility index (Phi) is 3.90. The molecule has 2 unspecified atom stereocenters. The smallest absolute Gasteiger partial charge is 0.236 e. The second-order valence-electron chi connectivity index (χ2n) is 3.71. The first-order chi connectivity index (χ1) is 6.69. The highest BCUT2D eigenvalue weighted by molar-refractivity contribution is 5.78. The fraction of sp³-hybridized carbons (Fsp3) is 0.800. The Labute approximate surface area is 84.4 Å². The number of amides is 1. The molecule has 78 valence electrons. The van der Waals surface area contributed by atoms with Crippen LogP contribution in [-0.2, 0) is 9.53 Å². The number of hydrogen-bond donors (Lipinski definition) is 0. The number of hydrogen-bond acceptors (Lipinski definition) is 3. The predicted octanol–water partition coefficient (Wildman–Crippen LogP) is 0.783. The van der Waals surface area contributed by atoms with Crippen LogP contribution in [-0.4, -0.2) is 37.1 Å². The maximum atomic E-state index is 11.4. The molecule has 0 spiro atoms. The van der Waals surface area contributed by atoms with Gasteiger partial charge in [0.15, 0.2) is 0 Å². The topological polar surface area (TPSA) is 53.3 Å². The Balaban J connectivity index is 2.50. The monoisotopic (exact) mass is 196 g/mol. The van der Waals surface area contributed by atoms with Gasteiger partial charge in [-0.05, 0) is 12.3 Å². The number of carbonyl (C=O) groups is 1. The highest BCUT2D eigenvalue weighted by Crippen LogP contribution is 2.19. The number of nitriles is 1. The quantitative estimate of drug-likeness (QED) is 0.656. The molecule has 1 rings (SSSR count). The molecule has 0 aliphatic carbocycles. The van der Waals surface area contributed by atoms with Crippen LogP contribution in [0, 0.1) is 17.2 Å². The number of likely N-dealkylation sites (tertiary alicyclic amines) is 1. The van der Waals surface area contributed by atoms with E-state index in [2.05, 4.69) is 6.92 Å². The van der Waals surface area contributed by atoms with E-state index in [0.29, 0.717) is 12.5 Å². The Morgan fingerprint density at radius 1 is 1.71 bits per heavy atom. The Morgan fingerprint density at radius 3 is 3.00 bits per heavy atom. The second kappa shape index (κ2) is 4.97. The van der Waals surface area contributed by atoms with Crippen molar-refractivity contribution >= 4 is 5.91 Å². The van der Waals surface area contributed by atoms with Gasteiger partial charge in [0.25, 0.3) is 0 Å². The molecule has 0 aromatic rings. The Bertz CT molecular complexity index is 247. The molecule has 0 saturated carbocycles. The van der Waals surface area contributed by atoms with Gasteiger partial charge < -0.3 is 9.64 Å². The molecule has 1 aliphatic heterocycles. The van der Waals surface area contributed by atoms with E-state index in [-0.39, 0.29) is 18.4 Å².